The maximum absolute atomic E-state index is 13.0. The van der Waals surface area contributed by atoms with Gasteiger partial charge < -0.3 is 9.90 Å². The first-order valence-corrected chi connectivity index (χ1v) is 4.60. The van der Waals surface area contributed by atoms with Crippen molar-refractivity contribution in [2.45, 2.75) is 35.9 Å². The van der Waals surface area contributed by atoms with E-state index >= 15 is 0 Å². The van der Waals surface area contributed by atoms with Crippen LogP contribution in [0.3, 0.4) is 0 Å². The number of aliphatic carboxylic acids is 1. The van der Waals surface area contributed by atoms with Crippen LogP contribution < -0.4 is 5.11 Å². The Hall–Kier alpha value is -1.41. The number of carboxylic acid groups (broad SMARTS) is 1. The van der Waals surface area contributed by atoms with Gasteiger partial charge in [-0.2, -0.15) is 52.7 Å². The minimum absolute atomic E-state index is 3.82. The van der Waals surface area contributed by atoms with Crippen molar-refractivity contribution in [3.8, 4) is 0 Å². The van der Waals surface area contributed by atoms with Crippen molar-refractivity contribution in [3.63, 3.8) is 0 Å². The first-order valence-electron chi connectivity index (χ1n) is 4.60. The van der Waals surface area contributed by atoms with Gasteiger partial charge in [-0.3, -0.25) is 0 Å². The van der Waals surface area contributed by atoms with E-state index in [4.69, 9.17) is 0 Å². The summed E-state index contributed by atoms with van der Waals surface area (Å²) in [5.41, 5.74) is 0. The van der Waals surface area contributed by atoms with Gasteiger partial charge in [0.15, 0.2) is 0 Å². The number of hydrogen-bond donors (Lipinski definition) is 0. The predicted molar refractivity (Wildman–Crippen MR) is 36.5 cm³/mol. The van der Waals surface area contributed by atoms with Gasteiger partial charge in [-0.15, -0.1) is 4.90 Å². The lowest BCUT2D eigenvalue weighted by molar-refractivity contribution is -0.420. The molecule has 15 heteroatoms. The molecule has 0 unspecified atom stereocenters. The van der Waals surface area contributed by atoms with Crippen molar-refractivity contribution in [1.29, 1.82) is 0 Å². The highest BCUT2D eigenvalue weighted by atomic mass is 19.4. The summed E-state index contributed by atoms with van der Waals surface area (Å²) in [6.45, 7) is 0. The average molecular weight is 358 g/mol. The fraction of sp³-hybridized carbons (Fsp3) is 0.857. The van der Waals surface area contributed by atoms with Crippen LogP contribution in [0.4, 0.5) is 52.7 Å². The second kappa shape index (κ2) is 4.11. The zero-order chi connectivity index (χ0) is 18.2. The van der Waals surface area contributed by atoms with Gasteiger partial charge in [-0.1, -0.05) is 0 Å². The summed E-state index contributed by atoms with van der Waals surface area (Å²) < 4.78 is 153. The van der Waals surface area contributed by atoms with E-state index in [-0.39, 0.29) is 0 Å². The molecule has 0 radical (unpaired) electrons. The van der Waals surface area contributed by atoms with Crippen LogP contribution in [-0.4, -0.2) is 46.8 Å². The number of carboxylic acids is 1. The fourth-order valence-electron chi connectivity index (χ4n) is 1.45. The molecule has 0 bridgehead atoms. The second-order valence-corrected chi connectivity index (χ2v) is 3.97. The molecule has 1 saturated heterocycles. The molecule has 0 aromatic heterocycles. The van der Waals surface area contributed by atoms with Crippen LogP contribution in [0.1, 0.15) is 0 Å². The molecule has 130 valence electrons. The van der Waals surface area contributed by atoms with Crippen molar-refractivity contribution in [2.75, 3.05) is 0 Å². The van der Waals surface area contributed by atoms with Gasteiger partial charge in [0, 0.05) is 0 Å². The van der Waals surface area contributed by atoms with Gasteiger partial charge >= 0.3 is 35.9 Å². The van der Waals surface area contributed by atoms with Gasteiger partial charge in [0.05, 0.1) is 0 Å². The minimum Gasteiger partial charge on any atom is -0.544 e. The molecule has 0 amide bonds. The number of alkyl halides is 12. The van der Waals surface area contributed by atoms with E-state index in [0.29, 0.717) is 0 Å². The van der Waals surface area contributed by atoms with Crippen LogP contribution >= 0.6 is 0 Å². The maximum Gasteiger partial charge on any atom is 0.394 e. The summed E-state index contributed by atoms with van der Waals surface area (Å²) in [6, 6.07) is -21.8. The largest absolute Gasteiger partial charge is 0.544 e. The Kier molecular flexibility index (Phi) is 3.48. The molecule has 1 fully saturated rings. The highest BCUT2D eigenvalue weighted by Crippen LogP contribution is 2.66. The third-order valence-electron chi connectivity index (χ3n) is 2.63. The van der Waals surface area contributed by atoms with E-state index in [2.05, 4.69) is 0 Å². The van der Waals surface area contributed by atoms with Gasteiger partial charge in [-0.25, -0.2) is 0 Å². The molecule has 22 heavy (non-hydrogen) atoms. The van der Waals surface area contributed by atoms with Crippen LogP contribution in [0.5, 0.6) is 0 Å². The monoisotopic (exact) mass is 358 g/mol. The lowest BCUT2D eigenvalue weighted by Gasteiger charge is -2.38. The molecule has 0 aromatic carbocycles. The first kappa shape index (κ1) is 18.6. The lowest BCUT2D eigenvalue weighted by Crippen LogP contribution is -2.69. The zero-order valence-corrected chi connectivity index (χ0v) is 9.30. The smallest absolute Gasteiger partial charge is 0.394 e. The van der Waals surface area contributed by atoms with Gasteiger partial charge in [-0.05, 0) is 0 Å². The fourth-order valence-corrected chi connectivity index (χ4v) is 1.45. The molecule has 0 aromatic rings. The van der Waals surface area contributed by atoms with Crippen LogP contribution in [0.2, 0.25) is 0 Å². The topological polar surface area (TPSA) is 43.4 Å². The predicted octanol–water partition coefficient (Wildman–Crippen LogP) is 1.74. The molecule has 1 heterocycles. The Morgan fingerprint density at radius 1 is 0.773 bits per heavy atom. The van der Waals surface area contributed by atoms with Gasteiger partial charge in [0.25, 0.3) is 0 Å². The van der Waals surface area contributed by atoms with Crippen molar-refractivity contribution in [2.24, 2.45) is 0 Å². The number of nitrogens with zero attached hydrogens (tertiary/aromatic N) is 1. The molecule has 0 N–H and O–H groups in total. The minimum atomic E-state index is -7.35. The number of halogens is 12. The first-order chi connectivity index (χ1) is 9.31. The summed E-state index contributed by atoms with van der Waals surface area (Å²) in [4.78, 5) is 5.92. The van der Waals surface area contributed by atoms with E-state index in [1.165, 1.54) is 0 Å². The average Bonchev–Trinajstić information content (AvgIpc) is 2.32. The molecule has 0 aliphatic carbocycles. The number of carbonyl (C=O) groups excluding carboxylic acids is 1. The normalized spacial score (nSPS) is 26.9. The van der Waals surface area contributed by atoms with Gasteiger partial charge in [0.1, 0.15) is 5.97 Å². The third-order valence-corrected chi connectivity index (χ3v) is 2.63. The quantitative estimate of drug-likeness (QED) is 0.570. The highest BCUT2D eigenvalue weighted by Gasteiger charge is 2.97. The van der Waals surface area contributed by atoms with Crippen molar-refractivity contribution in [1.82, 2.24) is 4.90 Å². The van der Waals surface area contributed by atoms with E-state index in [0.717, 1.165) is 0 Å². The summed E-state index contributed by atoms with van der Waals surface area (Å²) in [7, 11) is 0. The van der Waals surface area contributed by atoms with E-state index in [1.54, 1.807) is 0 Å². The summed E-state index contributed by atoms with van der Waals surface area (Å²) in [6.07, 6.45) is 0. The Bertz CT molecular complexity index is 474. The van der Waals surface area contributed by atoms with Crippen LogP contribution in [0.25, 0.3) is 0 Å². The van der Waals surface area contributed by atoms with Crippen LogP contribution in [-0.2, 0) is 4.79 Å². The number of likely N-dealkylation sites (tertiary alicyclic amines) is 1. The molecule has 3 nitrogen and oxygen atoms in total. The molecule has 0 saturated carbocycles. The Labute approximate surface area is 111 Å². The molecule has 1 aliphatic heterocycles. The van der Waals surface area contributed by atoms with Crippen LogP contribution in [0, 0.1) is 0 Å². The highest BCUT2D eigenvalue weighted by molar-refractivity contribution is 5.74. The van der Waals surface area contributed by atoms with Crippen molar-refractivity contribution >= 4 is 5.97 Å². The maximum atomic E-state index is 13.0. The van der Waals surface area contributed by atoms with Gasteiger partial charge in [0.2, 0.25) is 0 Å². The molecule has 1 aliphatic rings. The van der Waals surface area contributed by atoms with E-state index in [1.807, 2.05) is 0 Å². The lowest BCUT2D eigenvalue weighted by atomic mass is 10.2. The standard InChI is InChI=1S/C7HF12NO2/c8-2(9,1(21)22)5(14,15)20-6(16,17)3(10,11)4(12,13)7(20,18)19/h(H,21,22)/p-1. The molecule has 1 rings (SSSR count). The van der Waals surface area contributed by atoms with E-state index < -0.39 is 46.8 Å². The second-order valence-electron chi connectivity index (χ2n) is 3.97. The van der Waals surface area contributed by atoms with Crippen molar-refractivity contribution < 1.29 is 62.6 Å². The third kappa shape index (κ3) is 1.68. The molecule has 0 spiro atoms. The number of carbonyl (C=O) groups is 1. The Morgan fingerprint density at radius 2 is 1.05 bits per heavy atom. The number of rotatable bonds is 3. The Morgan fingerprint density at radius 3 is 1.27 bits per heavy atom. The zero-order valence-electron chi connectivity index (χ0n) is 9.30. The molecule has 0 atom stereocenters. The van der Waals surface area contributed by atoms with Crippen LogP contribution in [0.15, 0.2) is 0 Å². The summed E-state index contributed by atoms with van der Waals surface area (Å²) in [5.74, 6) is -25.6. The summed E-state index contributed by atoms with van der Waals surface area (Å²) >= 11 is 0. The molecular weight excluding hydrogens is 358 g/mol. The van der Waals surface area contributed by atoms with Crippen molar-refractivity contribution in [3.05, 3.63) is 0 Å². The Balaban J connectivity index is 3.69. The SMILES string of the molecule is O=C([O-])C(F)(F)C(F)(F)N1C(F)(F)C(F)(F)C(F)(F)C1(F)F. The number of hydrogen-bond acceptors (Lipinski definition) is 3. The molecular formula is C7F12NO2-. The van der Waals surface area contributed by atoms with E-state index in [9.17, 15) is 62.6 Å². The summed E-state index contributed by atoms with van der Waals surface area (Å²) in [5, 5.41) is 9.74.